The maximum absolute atomic E-state index is 11.6. The van der Waals surface area contributed by atoms with Gasteiger partial charge in [0.15, 0.2) is 0 Å². The number of hydrazone groups is 1. The molecule has 0 aliphatic heterocycles. The van der Waals surface area contributed by atoms with Gasteiger partial charge in [0.05, 0.1) is 11.1 Å². The number of unbranched alkanes of at least 4 members (excludes halogenated alkanes) is 6. The van der Waals surface area contributed by atoms with E-state index in [0.29, 0.717) is 12.0 Å². The monoisotopic (exact) mass is 319 g/mol. The van der Waals surface area contributed by atoms with E-state index in [1.54, 1.807) is 12.1 Å². The van der Waals surface area contributed by atoms with Crippen LogP contribution in [-0.2, 0) is 4.79 Å². The largest absolute Gasteiger partial charge is 0.273 e. The van der Waals surface area contributed by atoms with Gasteiger partial charge in [-0.15, -0.1) is 0 Å². The molecule has 1 rings (SSSR count). The topological polar surface area (TPSA) is 84.6 Å². The van der Waals surface area contributed by atoms with Crippen LogP contribution >= 0.6 is 0 Å². The number of nitro groups is 1. The van der Waals surface area contributed by atoms with E-state index in [2.05, 4.69) is 17.5 Å². The number of rotatable bonds is 11. The minimum absolute atomic E-state index is 0.00310. The number of non-ortho nitro benzene ring substituents is 1. The van der Waals surface area contributed by atoms with Gasteiger partial charge in [-0.05, 0) is 6.42 Å². The molecular formula is C17H25N3O3. The summed E-state index contributed by atoms with van der Waals surface area (Å²) < 4.78 is 0. The van der Waals surface area contributed by atoms with Gasteiger partial charge in [-0.2, -0.15) is 5.10 Å². The Bertz CT molecular complexity index is 530. The predicted octanol–water partition coefficient (Wildman–Crippen LogP) is 4.19. The van der Waals surface area contributed by atoms with Crippen molar-refractivity contribution in [3.8, 4) is 0 Å². The van der Waals surface area contributed by atoms with Crippen LogP contribution in [0, 0.1) is 10.1 Å². The first kappa shape index (κ1) is 18.8. The molecule has 0 saturated carbocycles. The van der Waals surface area contributed by atoms with Crippen LogP contribution in [0.3, 0.4) is 0 Å². The van der Waals surface area contributed by atoms with Crippen molar-refractivity contribution in [2.45, 2.75) is 58.3 Å². The van der Waals surface area contributed by atoms with Gasteiger partial charge in [-0.25, -0.2) is 5.43 Å². The van der Waals surface area contributed by atoms with E-state index in [9.17, 15) is 14.9 Å². The van der Waals surface area contributed by atoms with Crippen LogP contribution in [0.1, 0.15) is 63.9 Å². The molecule has 0 heterocycles. The summed E-state index contributed by atoms with van der Waals surface area (Å²) in [5.41, 5.74) is 3.03. The SMILES string of the molecule is CCCCCCCCCC(=O)N/N=C/c1cccc([N+](=O)[O-])c1. The van der Waals surface area contributed by atoms with Gasteiger partial charge in [0.1, 0.15) is 0 Å². The molecule has 0 saturated heterocycles. The Kier molecular flexibility index (Phi) is 9.28. The van der Waals surface area contributed by atoms with Gasteiger partial charge in [0, 0.05) is 24.1 Å². The van der Waals surface area contributed by atoms with Crippen LogP contribution in [-0.4, -0.2) is 17.0 Å². The molecule has 1 aromatic rings. The standard InChI is InChI=1S/C17H25N3O3/c1-2-3-4-5-6-7-8-12-17(21)19-18-14-15-10-9-11-16(13-15)20(22)23/h9-11,13-14H,2-8,12H2,1H3,(H,19,21)/b18-14+. The minimum atomic E-state index is -0.462. The number of hydrogen-bond donors (Lipinski definition) is 1. The first-order chi connectivity index (χ1) is 11.1. The fourth-order valence-electron chi connectivity index (χ4n) is 2.20. The number of nitro benzene ring substituents is 1. The second kappa shape index (κ2) is 11.3. The van der Waals surface area contributed by atoms with Crippen molar-refractivity contribution < 1.29 is 9.72 Å². The number of nitrogens with zero attached hydrogens (tertiary/aromatic N) is 2. The van der Waals surface area contributed by atoms with Crippen LogP contribution in [0.25, 0.3) is 0 Å². The quantitative estimate of drug-likeness (QED) is 0.287. The van der Waals surface area contributed by atoms with Crippen molar-refractivity contribution in [3.63, 3.8) is 0 Å². The third-order valence-corrected chi connectivity index (χ3v) is 3.49. The number of nitrogens with one attached hydrogen (secondary N) is 1. The molecule has 0 aliphatic carbocycles. The Morgan fingerprint density at radius 1 is 1.22 bits per heavy atom. The summed E-state index contributed by atoms with van der Waals surface area (Å²) in [6.07, 6.45) is 10.0. The molecule has 1 N–H and O–H groups in total. The first-order valence-corrected chi connectivity index (χ1v) is 8.20. The molecule has 0 bridgehead atoms. The van der Waals surface area contributed by atoms with Gasteiger partial charge in [0.2, 0.25) is 5.91 Å². The molecule has 1 amide bonds. The number of hydrogen-bond acceptors (Lipinski definition) is 4. The lowest BCUT2D eigenvalue weighted by atomic mass is 10.1. The highest BCUT2D eigenvalue weighted by molar-refractivity contribution is 5.83. The van der Waals surface area contributed by atoms with E-state index < -0.39 is 4.92 Å². The minimum Gasteiger partial charge on any atom is -0.273 e. The van der Waals surface area contributed by atoms with Gasteiger partial charge < -0.3 is 0 Å². The lowest BCUT2D eigenvalue weighted by molar-refractivity contribution is -0.384. The van der Waals surface area contributed by atoms with Gasteiger partial charge in [-0.1, -0.05) is 57.6 Å². The van der Waals surface area contributed by atoms with Crippen molar-refractivity contribution in [2.24, 2.45) is 5.10 Å². The Balaban J connectivity index is 2.20. The summed E-state index contributed by atoms with van der Waals surface area (Å²) in [6, 6.07) is 6.10. The first-order valence-electron chi connectivity index (χ1n) is 8.20. The average molecular weight is 319 g/mol. The molecule has 6 nitrogen and oxygen atoms in total. The molecular weight excluding hydrogens is 294 g/mol. The molecule has 6 heteroatoms. The molecule has 23 heavy (non-hydrogen) atoms. The summed E-state index contributed by atoms with van der Waals surface area (Å²) in [7, 11) is 0. The van der Waals surface area contributed by atoms with E-state index in [1.807, 2.05) is 0 Å². The van der Waals surface area contributed by atoms with Crippen LogP contribution in [0.15, 0.2) is 29.4 Å². The highest BCUT2D eigenvalue weighted by Crippen LogP contribution is 2.11. The second-order valence-electron chi connectivity index (χ2n) is 5.52. The average Bonchev–Trinajstić information content (AvgIpc) is 2.54. The maximum atomic E-state index is 11.6. The molecule has 0 radical (unpaired) electrons. The summed E-state index contributed by atoms with van der Waals surface area (Å²) in [4.78, 5) is 21.8. The van der Waals surface area contributed by atoms with E-state index >= 15 is 0 Å². The van der Waals surface area contributed by atoms with Crippen molar-refractivity contribution in [1.82, 2.24) is 5.43 Å². The third-order valence-electron chi connectivity index (χ3n) is 3.49. The number of amides is 1. The fraction of sp³-hybridized carbons (Fsp3) is 0.529. The number of carbonyl (C=O) groups excluding carboxylic acids is 1. The maximum Gasteiger partial charge on any atom is 0.270 e. The normalized spacial score (nSPS) is 10.8. The Hall–Kier alpha value is -2.24. The molecule has 0 fully saturated rings. The lowest BCUT2D eigenvalue weighted by Crippen LogP contribution is -2.16. The van der Waals surface area contributed by atoms with E-state index in [4.69, 9.17) is 0 Å². The van der Waals surface area contributed by atoms with Crippen molar-refractivity contribution >= 4 is 17.8 Å². The smallest absolute Gasteiger partial charge is 0.270 e. The zero-order chi connectivity index (χ0) is 16.9. The van der Waals surface area contributed by atoms with Gasteiger partial charge in [-0.3, -0.25) is 14.9 Å². The Labute approximate surface area is 137 Å². The zero-order valence-corrected chi connectivity index (χ0v) is 13.7. The van der Waals surface area contributed by atoms with Gasteiger partial charge >= 0.3 is 0 Å². The molecule has 0 aliphatic rings. The Morgan fingerprint density at radius 2 is 1.91 bits per heavy atom. The summed E-state index contributed by atoms with van der Waals surface area (Å²) in [5, 5.41) is 14.5. The van der Waals surface area contributed by atoms with E-state index in [-0.39, 0.29) is 11.6 Å². The van der Waals surface area contributed by atoms with Crippen molar-refractivity contribution in [3.05, 3.63) is 39.9 Å². The molecule has 1 aromatic carbocycles. The van der Waals surface area contributed by atoms with Crippen LogP contribution < -0.4 is 5.43 Å². The highest BCUT2D eigenvalue weighted by Gasteiger charge is 2.04. The second-order valence-corrected chi connectivity index (χ2v) is 5.52. The predicted molar refractivity (Wildman–Crippen MR) is 91.4 cm³/mol. The summed E-state index contributed by atoms with van der Waals surface area (Å²) in [6.45, 7) is 2.19. The Morgan fingerprint density at radius 3 is 2.61 bits per heavy atom. The third kappa shape index (κ3) is 8.70. The molecule has 0 atom stereocenters. The highest BCUT2D eigenvalue weighted by atomic mass is 16.6. The lowest BCUT2D eigenvalue weighted by Gasteiger charge is -2.01. The van der Waals surface area contributed by atoms with E-state index in [1.165, 1.54) is 50.5 Å². The molecule has 0 spiro atoms. The van der Waals surface area contributed by atoms with Crippen molar-refractivity contribution in [2.75, 3.05) is 0 Å². The van der Waals surface area contributed by atoms with Gasteiger partial charge in [0.25, 0.3) is 5.69 Å². The molecule has 0 aromatic heterocycles. The molecule has 0 unspecified atom stereocenters. The van der Waals surface area contributed by atoms with Crippen LogP contribution in [0.2, 0.25) is 0 Å². The number of carbonyl (C=O) groups is 1. The number of benzene rings is 1. The summed E-state index contributed by atoms with van der Waals surface area (Å²) in [5.74, 6) is -0.125. The van der Waals surface area contributed by atoms with E-state index in [0.717, 1.165) is 12.8 Å². The summed E-state index contributed by atoms with van der Waals surface area (Å²) >= 11 is 0. The van der Waals surface area contributed by atoms with Crippen LogP contribution in [0.4, 0.5) is 5.69 Å². The van der Waals surface area contributed by atoms with Crippen LogP contribution in [0.5, 0.6) is 0 Å². The molecule has 126 valence electrons. The fourth-order valence-corrected chi connectivity index (χ4v) is 2.20. The zero-order valence-electron chi connectivity index (χ0n) is 13.7. The van der Waals surface area contributed by atoms with Crippen molar-refractivity contribution in [1.29, 1.82) is 0 Å².